The summed E-state index contributed by atoms with van der Waals surface area (Å²) in [6, 6.07) is 9.35. The Kier molecular flexibility index (Phi) is 7.08. The minimum absolute atomic E-state index is 0.578. The molecule has 2 nitrogen and oxygen atoms in total. The maximum atomic E-state index is 6.00. The summed E-state index contributed by atoms with van der Waals surface area (Å²) in [5.74, 6) is 1.66. The molecule has 2 rings (SSSR count). The predicted molar refractivity (Wildman–Crippen MR) is 90.1 cm³/mol. The Morgan fingerprint density at radius 2 is 1.90 bits per heavy atom. The lowest BCUT2D eigenvalue weighted by atomic mass is 9.98. The fourth-order valence-electron chi connectivity index (χ4n) is 2.60. The van der Waals surface area contributed by atoms with Crippen LogP contribution in [0.1, 0.15) is 70.3 Å². The lowest BCUT2D eigenvalue weighted by molar-refractivity contribution is 0.300. The molecule has 1 fully saturated rings. The van der Waals surface area contributed by atoms with E-state index in [1.165, 1.54) is 44.2 Å². The van der Waals surface area contributed by atoms with Gasteiger partial charge >= 0.3 is 0 Å². The van der Waals surface area contributed by atoms with Crippen LogP contribution in [0.25, 0.3) is 0 Å². The molecule has 0 aliphatic heterocycles. The molecule has 1 aromatic rings. The van der Waals surface area contributed by atoms with Gasteiger partial charge in [0.25, 0.3) is 0 Å². The van der Waals surface area contributed by atoms with Crippen molar-refractivity contribution >= 4 is 0 Å². The van der Waals surface area contributed by atoms with Gasteiger partial charge in [0.15, 0.2) is 0 Å². The van der Waals surface area contributed by atoms with E-state index in [0.29, 0.717) is 5.92 Å². The van der Waals surface area contributed by atoms with Gasteiger partial charge in [-0.2, -0.15) is 0 Å². The van der Waals surface area contributed by atoms with Crippen LogP contribution < -0.4 is 10.1 Å². The smallest absolute Gasteiger partial charge is 0.122 e. The lowest BCUT2D eigenvalue weighted by Crippen LogP contribution is -2.17. The number of para-hydroxylation sites is 1. The third-order valence-corrected chi connectivity index (χ3v) is 4.40. The molecular weight excluding hydrogens is 258 g/mol. The normalized spacial score (nSPS) is 15.9. The van der Waals surface area contributed by atoms with Crippen LogP contribution in [0.4, 0.5) is 0 Å². The van der Waals surface area contributed by atoms with Crippen LogP contribution in [0, 0.1) is 0 Å². The molecule has 0 bridgehead atoms. The Balaban J connectivity index is 1.57. The number of ether oxygens (including phenoxy) is 1. The topological polar surface area (TPSA) is 21.3 Å². The molecule has 118 valence electrons. The van der Waals surface area contributed by atoms with Crippen molar-refractivity contribution in [3.63, 3.8) is 0 Å². The number of hydrogen-bond donors (Lipinski definition) is 1. The van der Waals surface area contributed by atoms with Crippen LogP contribution in [0.2, 0.25) is 0 Å². The summed E-state index contributed by atoms with van der Waals surface area (Å²) in [5, 5.41) is 3.57. The fourth-order valence-corrected chi connectivity index (χ4v) is 2.60. The maximum absolute atomic E-state index is 6.00. The third-order valence-electron chi connectivity index (χ3n) is 4.40. The first-order chi connectivity index (χ1) is 10.3. The van der Waals surface area contributed by atoms with Crippen molar-refractivity contribution in [2.24, 2.45) is 0 Å². The quantitative estimate of drug-likeness (QED) is 0.586. The van der Waals surface area contributed by atoms with Gasteiger partial charge in [-0.3, -0.25) is 0 Å². The van der Waals surface area contributed by atoms with Gasteiger partial charge in [0.2, 0.25) is 0 Å². The van der Waals surface area contributed by atoms with Crippen molar-refractivity contribution in [2.75, 3.05) is 13.2 Å². The highest BCUT2D eigenvalue weighted by Gasteiger charge is 2.19. The van der Waals surface area contributed by atoms with Crippen molar-refractivity contribution in [3.05, 3.63) is 29.8 Å². The predicted octanol–water partition coefficient (Wildman–Crippen LogP) is 4.89. The molecule has 1 saturated carbocycles. The standard InChI is InChI=1S/C19H31NO/c1-3-16(2)18-10-6-7-11-19(18)21-15-9-5-4-8-14-20-17-12-13-17/h6-7,10-11,16-17,20H,3-5,8-9,12-15H2,1-2H3. The second kappa shape index (κ2) is 9.09. The third kappa shape index (κ3) is 6.09. The number of hydrogen-bond acceptors (Lipinski definition) is 2. The molecule has 1 atom stereocenters. The van der Waals surface area contributed by atoms with Crippen molar-refractivity contribution < 1.29 is 4.74 Å². The minimum Gasteiger partial charge on any atom is -0.493 e. The van der Waals surface area contributed by atoms with E-state index in [0.717, 1.165) is 31.2 Å². The molecule has 1 aliphatic rings. The average molecular weight is 289 g/mol. The largest absolute Gasteiger partial charge is 0.493 e. The molecule has 1 aliphatic carbocycles. The summed E-state index contributed by atoms with van der Waals surface area (Å²) >= 11 is 0. The van der Waals surface area contributed by atoms with Gasteiger partial charge in [0.1, 0.15) is 5.75 Å². The summed E-state index contributed by atoms with van der Waals surface area (Å²) in [5.41, 5.74) is 1.36. The highest BCUT2D eigenvalue weighted by Crippen LogP contribution is 2.28. The van der Waals surface area contributed by atoms with Gasteiger partial charge in [-0.25, -0.2) is 0 Å². The van der Waals surface area contributed by atoms with E-state index in [9.17, 15) is 0 Å². The van der Waals surface area contributed by atoms with Crippen LogP contribution in [-0.2, 0) is 0 Å². The molecule has 1 aromatic carbocycles. The Labute approximate surface area is 130 Å². The van der Waals surface area contributed by atoms with Crippen molar-refractivity contribution in [1.29, 1.82) is 0 Å². The average Bonchev–Trinajstić information content (AvgIpc) is 3.34. The van der Waals surface area contributed by atoms with Crippen LogP contribution in [-0.4, -0.2) is 19.2 Å². The fraction of sp³-hybridized carbons (Fsp3) is 0.684. The molecule has 0 aromatic heterocycles. The van der Waals surface area contributed by atoms with Gasteiger partial charge in [-0.15, -0.1) is 0 Å². The Morgan fingerprint density at radius 1 is 1.14 bits per heavy atom. The molecule has 0 amide bonds. The van der Waals surface area contributed by atoms with Gasteiger partial charge in [0.05, 0.1) is 6.61 Å². The van der Waals surface area contributed by atoms with Crippen molar-refractivity contribution in [1.82, 2.24) is 5.32 Å². The van der Waals surface area contributed by atoms with Crippen LogP contribution in [0.5, 0.6) is 5.75 Å². The highest BCUT2D eigenvalue weighted by molar-refractivity contribution is 5.35. The van der Waals surface area contributed by atoms with E-state index in [1.54, 1.807) is 0 Å². The van der Waals surface area contributed by atoms with Crippen LogP contribution in [0.15, 0.2) is 24.3 Å². The van der Waals surface area contributed by atoms with Crippen molar-refractivity contribution in [2.45, 2.75) is 70.8 Å². The van der Waals surface area contributed by atoms with E-state index in [4.69, 9.17) is 4.74 Å². The lowest BCUT2D eigenvalue weighted by Gasteiger charge is -2.15. The summed E-state index contributed by atoms with van der Waals surface area (Å²) in [6.07, 6.45) is 9.01. The zero-order valence-electron chi connectivity index (χ0n) is 13.7. The zero-order valence-corrected chi connectivity index (χ0v) is 13.7. The first-order valence-corrected chi connectivity index (χ1v) is 8.76. The van der Waals surface area contributed by atoms with E-state index >= 15 is 0 Å². The maximum Gasteiger partial charge on any atom is 0.122 e. The van der Waals surface area contributed by atoms with Gasteiger partial charge in [-0.05, 0) is 56.2 Å². The number of nitrogens with one attached hydrogen (secondary N) is 1. The second-order valence-corrected chi connectivity index (χ2v) is 6.34. The molecular formula is C19H31NO. The first kappa shape index (κ1) is 16.4. The summed E-state index contributed by atoms with van der Waals surface area (Å²) < 4.78 is 6.00. The van der Waals surface area contributed by atoms with E-state index < -0.39 is 0 Å². The highest BCUT2D eigenvalue weighted by atomic mass is 16.5. The Hall–Kier alpha value is -1.02. The molecule has 1 unspecified atom stereocenters. The van der Waals surface area contributed by atoms with Gasteiger partial charge in [-0.1, -0.05) is 44.9 Å². The molecule has 2 heteroatoms. The van der Waals surface area contributed by atoms with Gasteiger partial charge in [0, 0.05) is 6.04 Å². The minimum atomic E-state index is 0.578. The summed E-state index contributed by atoms with van der Waals surface area (Å²) in [4.78, 5) is 0. The molecule has 0 saturated heterocycles. The van der Waals surface area contributed by atoms with Crippen LogP contribution in [0.3, 0.4) is 0 Å². The van der Waals surface area contributed by atoms with E-state index in [1.807, 2.05) is 0 Å². The molecule has 21 heavy (non-hydrogen) atoms. The van der Waals surface area contributed by atoms with E-state index in [2.05, 4.69) is 43.4 Å². The molecule has 0 radical (unpaired) electrons. The number of unbranched alkanes of at least 4 members (excludes halogenated alkanes) is 3. The summed E-state index contributed by atoms with van der Waals surface area (Å²) in [7, 11) is 0. The van der Waals surface area contributed by atoms with E-state index in [-0.39, 0.29) is 0 Å². The number of rotatable bonds is 11. The summed E-state index contributed by atoms with van der Waals surface area (Å²) in [6.45, 7) is 6.55. The molecule has 0 spiro atoms. The number of benzene rings is 1. The van der Waals surface area contributed by atoms with Crippen molar-refractivity contribution in [3.8, 4) is 5.75 Å². The SMILES string of the molecule is CCC(C)c1ccccc1OCCCCCCNC1CC1. The van der Waals surface area contributed by atoms with Crippen LogP contribution >= 0.6 is 0 Å². The Morgan fingerprint density at radius 3 is 2.67 bits per heavy atom. The monoisotopic (exact) mass is 289 g/mol. The molecule has 0 heterocycles. The molecule has 1 N–H and O–H groups in total. The van der Waals surface area contributed by atoms with Gasteiger partial charge < -0.3 is 10.1 Å². The first-order valence-electron chi connectivity index (χ1n) is 8.76. The zero-order chi connectivity index (χ0) is 14.9. The Bertz CT molecular complexity index is 400. The second-order valence-electron chi connectivity index (χ2n) is 6.34.